The minimum Gasteiger partial charge on any atom is -0.481 e. The summed E-state index contributed by atoms with van der Waals surface area (Å²) in [5, 5.41) is 2.55. The summed E-state index contributed by atoms with van der Waals surface area (Å²) in [6, 6.07) is 7.61. The van der Waals surface area contributed by atoms with Crippen molar-refractivity contribution in [3.05, 3.63) is 41.9 Å². The molecule has 1 heterocycles. The van der Waals surface area contributed by atoms with Gasteiger partial charge in [0.15, 0.2) is 17.6 Å². The van der Waals surface area contributed by atoms with Crippen LogP contribution in [0.25, 0.3) is 0 Å². The number of aromatic nitrogens is 2. The van der Waals surface area contributed by atoms with Crippen LogP contribution in [0.3, 0.4) is 0 Å². The number of hydrogen-bond donors (Lipinski definition) is 2. The van der Waals surface area contributed by atoms with E-state index in [1.807, 2.05) is 24.3 Å². The molecule has 0 aliphatic heterocycles. The maximum absolute atomic E-state index is 12.3. The zero-order valence-electron chi connectivity index (χ0n) is 15.0. The van der Waals surface area contributed by atoms with Gasteiger partial charge in [-0.2, -0.15) is 0 Å². The van der Waals surface area contributed by atoms with Crippen LogP contribution in [0.15, 0.2) is 30.6 Å². The van der Waals surface area contributed by atoms with Crippen molar-refractivity contribution in [1.29, 1.82) is 0 Å². The Kier molecular flexibility index (Phi) is 5.46. The van der Waals surface area contributed by atoms with Crippen LogP contribution < -0.4 is 10.1 Å². The SMILES string of the molecule is COC(=O)c1[nH]cnc1NC(=O)[C@H](C)Oc1ccc(C(C)(C)C)cc1. The van der Waals surface area contributed by atoms with Gasteiger partial charge in [0, 0.05) is 0 Å². The molecule has 7 nitrogen and oxygen atoms in total. The largest absolute Gasteiger partial charge is 0.481 e. The summed E-state index contributed by atoms with van der Waals surface area (Å²) in [5.74, 6) is -0.336. The van der Waals surface area contributed by atoms with Gasteiger partial charge >= 0.3 is 5.97 Å². The van der Waals surface area contributed by atoms with Gasteiger partial charge in [-0.25, -0.2) is 9.78 Å². The number of methoxy groups -OCH3 is 1. The molecule has 1 aromatic heterocycles. The maximum atomic E-state index is 12.3. The number of aromatic amines is 1. The van der Waals surface area contributed by atoms with Gasteiger partial charge < -0.3 is 19.8 Å². The second kappa shape index (κ2) is 7.38. The quantitative estimate of drug-likeness (QED) is 0.813. The number of imidazole rings is 1. The van der Waals surface area contributed by atoms with Crippen LogP contribution in [0.2, 0.25) is 0 Å². The van der Waals surface area contributed by atoms with Crippen LogP contribution in [-0.2, 0) is 14.9 Å². The fourth-order valence-corrected chi connectivity index (χ4v) is 2.16. The maximum Gasteiger partial charge on any atom is 0.358 e. The summed E-state index contributed by atoms with van der Waals surface area (Å²) in [7, 11) is 1.25. The predicted octanol–water partition coefficient (Wildman–Crippen LogP) is 2.90. The van der Waals surface area contributed by atoms with Gasteiger partial charge in [0.25, 0.3) is 5.91 Å². The second-order valence-electron chi connectivity index (χ2n) is 6.64. The topological polar surface area (TPSA) is 93.3 Å². The highest BCUT2D eigenvalue weighted by atomic mass is 16.5. The molecular formula is C18H23N3O4. The average Bonchev–Trinajstić information content (AvgIpc) is 3.01. The number of esters is 1. The van der Waals surface area contributed by atoms with Gasteiger partial charge in [-0.1, -0.05) is 32.9 Å². The molecule has 1 atom stereocenters. The van der Waals surface area contributed by atoms with E-state index >= 15 is 0 Å². The zero-order chi connectivity index (χ0) is 18.6. The molecule has 0 saturated heterocycles. The third-order valence-electron chi connectivity index (χ3n) is 3.67. The van der Waals surface area contributed by atoms with Gasteiger partial charge in [-0.15, -0.1) is 0 Å². The van der Waals surface area contributed by atoms with E-state index in [9.17, 15) is 9.59 Å². The zero-order valence-corrected chi connectivity index (χ0v) is 15.0. The molecule has 134 valence electrons. The number of nitrogens with one attached hydrogen (secondary N) is 2. The molecule has 2 N–H and O–H groups in total. The summed E-state index contributed by atoms with van der Waals surface area (Å²) in [4.78, 5) is 30.4. The Balaban J connectivity index is 2.01. The molecule has 0 aliphatic carbocycles. The molecule has 0 fully saturated rings. The molecule has 7 heteroatoms. The summed E-state index contributed by atoms with van der Waals surface area (Å²) in [6.07, 6.45) is 0.543. The number of amides is 1. The van der Waals surface area contributed by atoms with E-state index < -0.39 is 18.0 Å². The van der Waals surface area contributed by atoms with E-state index in [1.165, 1.54) is 19.0 Å². The Morgan fingerprint density at radius 2 is 1.84 bits per heavy atom. The van der Waals surface area contributed by atoms with Crippen molar-refractivity contribution >= 4 is 17.7 Å². The number of carbonyl (C=O) groups is 2. The Morgan fingerprint density at radius 3 is 2.40 bits per heavy atom. The first-order valence-corrected chi connectivity index (χ1v) is 7.92. The van der Waals surface area contributed by atoms with Crippen molar-refractivity contribution in [2.24, 2.45) is 0 Å². The number of anilines is 1. The smallest absolute Gasteiger partial charge is 0.358 e. The van der Waals surface area contributed by atoms with Crippen molar-refractivity contribution in [2.45, 2.75) is 39.2 Å². The van der Waals surface area contributed by atoms with Crippen LogP contribution >= 0.6 is 0 Å². The molecule has 0 spiro atoms. The van der Waals surface area contributed by atoms with Gasteiger partial charge in [0.2, 0.25) is 0 Å². The van der Waals surface area contributed by atoms with Crippen molar-refractivity contribution < 1.29 is 19.1 Å². The van der Waals surface area contributed by atoms with Crippen molar-refractivity contribution in [1.82, 2.24) is 9.97 Å². The average molecular weight is 345 g/mol. The molecule has 2 aromatic rings. The Hall–Kier alpha value is -2.83. The number of hydrogen-bond acceptors (Lipinski definition) is 5. The number of H-pyrrole nitrogens is 1. The number of rotatable bonds is 5. The van der Waals surface area contributed by atoms with E-state index in [4.69, 9.17) is 4.74 Å². The fraction of sp³-hybridized carbons (Fsp3) is 0.389. The van der Waals surface area contributed by atoms with E-state index in [0.29, 0.717) is 5.75 Å². The lowest BCUT2D eigenvalue weighted by atomic mass is 9.87. The first-order chi connectivity index (χ1) is 11.7. The van der Waals surface area contributed by atoms with Crippen LogP contribution in [-0.4, -0.2) is 35.1 Å². The minimum absolute atomic E-state index is 0.0474. The Labute approximate surface area is 146 Å². The van der Waals surface area contributed by atoms with Crippen LogP contribution in [0.5, 0.6) is 5.75 Å². The minimum atomic E-state index is -0.761. The molecule has 1 amide bonds. The molecule has 2 rings (SSSR count). The van der Waals surface area contributed by atoms with Crippen molar-refractivity contribution in [3.63, 3.8) is 0 Å². The van der Waals surface area contributed by atoms with E-state index in [1.54, 1.807) is 6.92 Å². The highest BCUT2D eigenvalue weighted by Crippen LogP contribution is 2.24. The van der Waals surface area contributed by atoms with E-state index in [-0.39, 0.29) is 16.9 Å². The van der Waals surface area contributed by atoms with E-state index in [0.717, 1.165) is 0 Å². The molecule has 0 radical (unpaired) electrons. The normalized spacial score (nSPS) is 12.4. The van der Waals surface area contributed by atoms with E-state index in [2.05, 4.69) is 40.8 Å². The third-order valence-corrected chi connectivity index (χ3v) is 3.67. The molecule has 0 saturated carbocycles. The Morgan fingerprint density at radius 1 is 1.20 bits per heavy atom. The molecule has 0 aliphatic rings. The highest BCUT2D eigenvalue weighted by molar-refractivity contribution is 6.00. The summed E-state index contributed by atoms with van der Waals surface area (Å²) >= 11 is 0. The lowest BCUT2D eigenvalue weighted by Gasteiger charge is -2.20. The predicted molar refractivity (Wildman–Crippen MR) is 93.8 cm³/mol. The highest BCUT2D eigenvalue weighted by Gasteiger charge is 2.21. The van der Waals surface area contributed by atoms with Crippen molar-refractivity contribution in [3.8, 4) is 5.75 Å². The van der Waals surface area contributed by atoms with Gasteiger partial charge in [0.05, 0.1) is 13.4 Å². The molecule has 1 aromatic carbocycles. The fourth-order valence-electron chi connectivity index (χ4n) is 2.16. The lowest BCUT2D eigenvalue weighted by molar-refractivity contribution is -0.122. The first-order valence-electron chi connectivity index (χ1n) is 7.92. The lowest BCUT2D eigenvalue weighted by Crippen LogP contribution is -2.31. The molecule has 25 heavy (non-hydrogen) atoms. The first kappa shape index (κ1) is 18.5. The summed E-state index contributed by atoms with van der Waals surface area (Å²) in [6.45, 7) is 8.00. The number of ether oxygens (including phenoxy) is 2. The Bertz CT molecular complexity index is 744. The summed E-state index contributed by atoms with van der Waals surface area (Å²) in [5.41, 5.74) is 1.31. The number of nitrogens with zero attached hydrogens (tertiary/aromatic N) is 1. The van der Waals surface area contributed by atoms with Gasteiger partial charge in [-0.05, 0) is 30.0 Å². The monoisotopic (exact) mass is 345 g/mol. The number of carbonyl (C=O) groups excluding carboxylic acids is 2. The molecule has 0 unspecified atom stereocenters. The standard InChI is InChI=1S/C18H23N3O4/c1-11(25-13-8-6-12(7-9-13)18(2,3)4)16(22)21-15-14(17(23)24-5)19-10-20-15/h6-11H,1-5H3,(H,19,20)(H,21,22)/t11-/m0/s1. The van der Waals surface area contributed by atoms with Crippen LogP contribution in [0.1, 0.15) is 43.7 Å². The molecule has 0 bridgehead atoms. The van der Waals surface area contributed by atoms with Crippen LogP contribution in [0.4, 0.5) is 5.82 Å². The van der Waals surface area contributed by atoms with Gasteiger partial charge in [-0.3, -0.25) is 4.79 Å². The van der Waals surface area contributed by atoms with Crippen LogP contribution in [0, 0.1) is 0 Å². The van der Waals surface area contributed by atoms with Crippen molar-refractivity contribution in [2.75, 3.05) is 12.4 Å². The third kappa shape index (κ3) is 4.59. The number of benzene rings is 1. The molecular weight excluding hydrogens is 322 g/mol. The van der Waals surface area contributed by atoms with Gasteiger partial charge in [0.1, 0.15) is 5.75 Å². The second-order valence-corrected chi connectivity index (χ2v) is 6.64. The summed E-state index contributed by atoms with van der Waals surface area (Å²) < 4.78 is 10.3.